The van der Waals surface area contributed by atoms with E-state index in [9.17, 15) is 10.5 Å². The highest BCUT2D eigenvalue weighted by Gasteiger charge is 2.25. The van der Waals surface area contributed by atoms with Crippen LogP contribution >= 0.6 is 58.4 Å². The first-order valence-electron chi connectivity index (χ1n) is 10.6. The normalized spacial score (nSPS) is 10.8. The fourth-order valence-electron chi connectivity index (χ4n) is 3.56. The van der Waals surface area contributed by atoms with Gasteiger partial charge in [-0.2, -0.15) is 22.3 Å². The lowest BCUT2D eigenvalue weighted by molar-refractivity contribution is 0.963. The Balaban J connectivity index is 2.07. The number of nitrogens with zero attached hydrogens (tertiary/aromatic N) is 6. The summed E-state index contributed by atoms with van der Waals surface area (Å²) in [6.45, 7) is 5.93. The van der Waals surface area contributed by atoms with E-state index in [0.29, 0.717) is 32.2 Å². The molecule has 6 nitrogen and oxygen atoms in total. The number of hydrogen-bond acceptors (Lipinski definition) is 10. The van der Waals surface area contributed by atoms with Gasteiger partial charge in [-0.15, -0.1) is 22.7 Å². The van der Waals surface area contributed by atoms with Crippen molar-refractivity contribution >= 4 is 58.4 Å². The third-order valence-electron chi connectivity index (χ3n) is 5.15. The molecule has 0 N–H and O–H groups in total. The number of aromatic nitrogens is 4. The number of thiazole rings is 2. The van der Waals surface area contributed by atoms with E-state index >= 15 is 0 Å². The molecule has 0 aromatic carbocycles. The van der Waals surface area contributed by atoms with Crippen LogP contribution in [0.1, 0.15) is 35.6 Å². The Morgan fingerprint density at radius 1 is 1.06 bits per heavy atom. The summed E-state index contributed by atoms with van der Waals surface area (Å²) in [5.74, 6) is 1.05. The first-order valence-corrected chi connectivity index (χ1v) is 14.9. The molecule has 0 fully saturated rings. The van der Waals surface area contributed by atoms with E-state index in [1.165, 1.54) is 22.7 Å². The van der Waals surface area contributed by atoms with Gasteiger partial charge in [-0.05, 0) is 43.2 Å². The van der Waals surface area contributed by atoms with Crippen molar-refractivity contribution in [2.45, 2.75) is 32.2 Å². The second-order valence-corrected chi connectivity index (χ2v) is 12.0. The minimum absolute atomic E-state index is 0.364. The van der Waals surface area contributed by atoms with Crippen LogP contribution in [-0.4, -0.2) is 30.4 Å². The van der Waals surface area contributed by atoms with Gasteiger partial charge in [0.05, 0.1) is 22.5 Å². The molecule has 0 spiro atoms. The highest BCUT2D eigenvalue weighted by atomic mass is 32.2. The van der Waals surface area contributed by atoms with Gasteiger partial charge in [-0.1, -0.05) is 30.9 Å². The van der Waals surface area contributed by atoms with Crippen LogP contribution < -0.4 is 0 Å². The summed E-state index contributed by atoms with van der Waals surface area (Å²) in [6.07, 6.45) is 4.57. The molecule has 0 radical (unpaired) electrons. The van der Waals surface area contributed by atoms with Crippen LogP contribution in [0, 0.1) is 41.2 Å². The molecule has 4 aromatic rings. The molecule has 4 heterocycles. The first-order chi connectivity index (χ1) is 17.0. The summed E-state index contributed by atoms with van der Waals surface area (Å²) in [5, 5.41) is 26.8. The van der Waals surface area contributed by atoms with Gasteiger partial charge in [-0.25, -0.2) is 15.0 Å². The second-order valence-electron chi connectivity index (χ2n) is 7.41. The van der Waals surface area contributed by atoms with Gasteiger partial charge < -0.3 is 0 Å². The first kappa shape index (κ1) is 25.5. The van der Waals surface area contributed by atoms with Crippen molar-refractivity contribution in [3.8, 4) is 39.2 Å². The Morgan fingerprint density at radius 2 is 1.74 bits per heavy atom. The van der Waals surface area contributed by atoms with Crippen molar-refractivity contribution < 1.29 is 0 Å². The molecule has 0 aliphatic carbocycles. The Kier molecular flexibility index (Phi) is 8.37. The second kappa shape index (κ2) is 11.5. The van der Waals surface area contributed by atoms with Gasteiger partial charge in [0.1, 0.15) is 37.5 Å². The predicted octanol–water partition coefficient (Wildman–Crippen LogP) is 7.40. The maximum Gasteiger partial charge on any atom is 0.144 e. The third kappa shape index (κ3) is 5.06. The van der Waals surface area contributed by atoms with E-state index in [0.717, 1.165) is 44.1 Å². The van der Waals surface area contributed by atoms with Gasteiger partial charge in [0.2, 0.25) is 0 Å². The zero-order chi connectivity index (χ0) is 24.9. The quantitative estimate of drug-likeness (QED) is 0.0966. The molecule has 176 valence electrons. The maximum absolute atomic E-state index is 10.1. The highest BCUT2D eigenvalue weighted by molar-refractivity contribution is 8.16. The van der Waals surface area contributed by atoms with E-state index in [2.05, 4.69) is 29.0 Å². The van der Waals surface area contributed by atoms with E-state index in [-0.39, 0.29) is 0 Å². The minimum atomic E-state index is 0.364. The smallest absolute Gasteiger partial charge is 0.144 e. The van der Waals surface area contributed by atoms with Gasteiger partial charge in [0, 0.05) is 28.2 Å². The average molecular weight is 553 g/mol. The fourth-order valence-corrected chi connectivity index (χ4v) is 7.27. The molecule has 4 aromatic heterocycles. The van der Waals surface area contributed by atoms with Crippen LogP contribution in [-0.2, 0) is 0 Å². The molecule has 0 aliphatic heterocycles. The molecule has 0 atom stereocenters. The van der Waals surface area contributed by atoms with Gasteiger partial charge in [0.25, 0.3) is 0 Å². The molecule has 0 saturated carbocycles. The largest absolute Gasteiger partial charge is 0.294 e. The average Bonchev–Trinajstić information content (AvgIpc) is 3.57. The number of thioether (sulfide) groups is 2. The number of aryl methyl sites for hydroxylation is 1. The number of hydrogen-bond donors (Lipinski definition) is 0. The maximum atomic E-state index is 10.1. The molecule has 0 unspecified atom stereocenters. The van der Waals surface area contributed by atoms with Crippen molar-refractivity contribution in [1.29, 1.82) is 10.5 Å². The van der Waals surface area contributed by atoms with Gasteiger partial charge >= 0.3 is 0 Å². The van der Waals surface area contributed by atoms with Crippen LogP contribution in [0.2, 0.25) is 0 Å². The molecule has 0 amide bonds. The van der Waals surface area contributed by atoms with E-state index in [4.69, 9.17) is 17.2 Å². The fraction of sp³-hybridized carbons (Fsp3) is 0.250. The van der Waals surface area contributed by atoms with Crippen molar-refractivity contribution in [2.24, 2.45) is 0 Å². The molecule has 4 rings (SSSR count). The summed E-state index contributed by atoms with van der Waals surface area (Å²) in [7, 11) is 0. The van der Waals surface area contributed by atoms with Crippen molar-refractivity contribution in [3.63, 3.8) is 0 Å². The molecule has 0 bridgehead atoms. The summed E-state index contributed by atoms with van der Waals surface area (Å²) < 4.78 is 2.21. The lowest BCUT2D eigenvalue weighted by atomic mass is 10.1. The molecular weight excluding hydrogens is 533 g/mol. The SMILES string of the molecule is CCCSCSc1nc(-c2nccs2)c(-n2c(-c3nccs3)cc(C)c(C#N)c2=S)c(C)c1C#N. The Bertz CT molecular complexity index is 1490. The van der Waals surface area contributed by atoms with Gasteiger partial charge in [0.15, 0.2) is 0 Å². The monoisotopic (exact) mass is 552 g/mol. The number of nitriles is 2. The van der Waals surface area contributed by atoms with Crippen LogP contribution in [0.3, 0.4) is 0 Å². The van der Waals surface area contributed by atoms with E-state index in [1.54, 1.807) is 24.2 Å². The van der Waals surface area contributed by atoms with Gasteiger partial charge in [-0.3, -0.25) is 4.57 Å². The lowest BCUT2D eigenvalue weighted by Gasteiger charge is -2.21. The highest BCUT2D eigenvalue weighted by Crippen LogP contribution is 2.39. The third-order valence-corrected chi connectivity index (χ3v) is 9.51. The molecule has 11 heteroatoms. The van der Waals surface area contributed by atoms with Crippen molar-refractivity contribution in [2.75, 3.05) is 10.8 Å². The Morgan fingerprint density at radius 3 is 2.34 bits per heavy atom. The van der Waals surface area contributed by atoms with Crippen molar-refractivity contribution in [1.82, 2.24) is 19.5 Å². The lowest BCUT2D eigenvalue weighted by Crippen LogP contribution is -2.11. The van der Waals surface area contributed by atoms with Crippen LogP contribution in [0.5, 0.6) is 0 Å². The summed E-state index contributed by atoms with van der Waals surface area (Å²) >= 11 is 12.2. The zero-order valence-electron chi connectivity index (χ0n) is 19.2. The van der Waals surface area contributed by atoms with Crippen LogP contribution in [0.15, 0.2) is 34.2 Å². The number of rotatable bonds is 8. The standard InChI is InChI=1S/C24H20N6S5/c1-4-7-32-13-35-21-17(12-26)15(3)20(19(29-21)23-28-6-9-34-23)30-18(22-27-5-8-33-22)10-14(2)16(11-25)24(30)31/h5-6,8-10H,4,7,13H2,1-3H3. The Labute approximate surface area is 225 Å². The molecule has 0 aliphatic rings. The molecule has 0 saturated heterocycles. The minimum Gasteiger partial charge on any atom is -0.294 e. The Hall–Kier alpha value is -2.54. The van der Waals surface area contributed by atoms with Crippen molar-refractivity contribution in [3.05, 3.63) is 56.1 Å². The molecular formula is C24H20N6S5. The summed E-state index contributed by atoms with van der Waals surface area (Å²) in [4.78, 5) is 14.0. The van der Waals surface area contributed by atoms with Crippen LogP contribution in [0.4, 0.5) is 0 Å². The predicted molar refractivity (Wildman–Crippen MR) is 149 cm³/mol. The molecule has 35 heavy (non-hydrogen) atoms. The van der Waals surface area contributed by atoms with E-state index in [1.807, 2.05) is 47.0 Å². The summed E-state index contributed by atoms with van der Waals surface area (Å²) in [6, 6.07) is 6.54. The number of pyridine rings is 2. The topological polar surface area (TPSA) is 91.2 Å². The summed E-state index contributed by atoms with van der Waals surface area (Å²) in [5.41, 5.74) is 4.51. The van der Waals surface area contributed by atoms with E-state index < -0.39 is 0 Å². The van der Waals surface area contributed by atoms with Crippen LogP contribution in [0.25, 0.3) is 27.1 Å². The zero-order valence-corrected chi connectivity index (χ0v) is 23.3.